The predicted molar refractivity (Wildman–Crippen MR) is 92.1 cm³/mol. The Morgan fingerprint density at radius 2 is 2.24 bits per heavy atom. The van der Waals surface area contributed by atoms with E-state index in [1.54, 1.807) is 30.6 Å². The molecule has 7 nitrogen and oxygen atoms in total. The van der Waals surface area contributed by atoms with E-state index in [9.17, 15) is 8.42 Å². The van der Waals surface area contributed by atoms with Crippen LogP contribution in [-0.4, -0.2) is 44.0 Å². The van der Waals surface area contributed by atoms with Crippen molar-refractivity contribution in [3.8, 4) is 0 Å². The van der Waals surface area contributed by atoms with Crippen molar-refractivity contribution in [1.82, 2.24) is 9.97 Å². The molecule has 2 heterocycles. The van der Waals surface area contributed by atoms with Crippen molar-refractivity contribution in [3.63, 3.8) is 0 Å². The Morgan fingerprint density at radius 1 is 1.44 bits per heavy atom. The first-order valence-electron chi connectivity index (χ1n) is 7.37. The Bertz CT molecular complexity index is 844. The third kappa shape index (κ3) is 4.52. The first-order chi connectivity index (χ1) is 11.8. The highest BCUT2D eigenvalue weighted by Crippen LogP contribution is 2.41. The van der Waals surface area contributed by atoms with Gasteiger partial charge in [0, 0.05) is 23.0 Å². The average molecular weight is 407 g/mol. The Kier molecular flexibility index (Phi) is 5.38. The molecule has 1 aliphatic heterocycles. The van der Waals surface area contributed by atoms with Crippen molar-refractivity contribution in [3.05, 3.63) is 52.0 Å². The van der Waals surface area contributed by atoms with Crippen LogP contribution in [0.4, 0.5) is 0 Å². The molecular weight excluding hydrogens is 391 g/mol. The lowest BCUT2D eigenvalue weighted by Gasteiger charge is -2.28. The van der Waals surface area contributed by atoms with Gasteiger partial charge in [-0.3, -0.25) is 4.18 Å². The Labute approximate surface area is 155 Å². The van der Waals surface area contributed by atoms with Gasteiger partial charge in [0.05, 0.1) is 30.9 Å². The van der Waals surface area contributed by atoms with Crippen LogP contribution in [0.5, 0.6) is 0 Å². The van der Waals surface area contributed by atoms with Gasteiger partial charge < -0.3 is 14.5 Å². The summed E-state index contributed by atoms with van der Waals surface area (Å²) in [5, 5.41) is 0.862. The maximum Gasteiger partial charge on any atom is 0.264 e. The van der Waals surface area contributed by atoms with Gasteiger partial charge >= 0.3 is 0 Å². The highest BCUT2D eigenvalue weighted by atomic mass is 35.5. The van der Waals surface area contributed by atoms with Crippen LogP contribution >= 0.6 is 23.2 Å². The Hall–Kier alpha value is -1.16. The van der Waals surface area contributed by atoms with E-state index in [1.165, 1.54) is 0 Å². The van der Waals surface area contributed by atoms with Gasteiger partial charge in [-0.1, -0.05) is 29.3 Å². The molecule has 1 aromatic carbocycles. The highest BCUT2D eigenvalue weighted by molar-refractivity contribution is 7.85. The van der Waals surface area contributed by atoms with Gasteiger partial charge in [-0.25, -0.2) is 4.98 Å². The smallest absolute Gasteiger partial charge is 0.264 e. The van der Waals surface area contributed by atoms with E-state index < -0.39 is 22.0 Å². The molecular formula is C15H16Cl2N2O5S. The largest absolute Gasteiger partial charge is 0.348 e. The second-order valence-electron chi connectivity index (χ2n) is 5.63. The van der Waals surface area contributed by atoms with Gasteiger partial charge in [0.15, 0.2) is 0 Å². The number of benzene rings is 1. The molecule has 0 radical (unpaired) electrons. The van der Waals surface area contributed by atoms with Crippen LogP contribution in [0.3, 0.4) is 0 Å². The number of nitrogens with one attached hydrogen (secondary N) is 1. The molecule has 1 saturated heterocycles. The number of H-pyrrole nitrogens is 1. The first kappa shape index (κ1) is 18.6. The fraction of sp³-hybridized carbons (Fsp3) is 0.400. The molecule has 1 aromatic heterocycles. The Morgan fingerprint density at radius 3 is 2.88 bits per heavy atom. The van der Waals surface area contributed by atoms with Crippen molar-refractivity contribution in [2.45, 2.75) is 18.3 Å². The summed E-state index contributed by atoms with van der Waals surface area (Å²) in [5.74, 6) is -0.582. The highest BCUT2D eigenvalue weighted by Gasteiger charge is 2.45. The molecule has 1 fully saturated rings. The molecule has 3 rings (SSSR count). The molecule has 0 aliphatic carbocycles. The minimum atomic E-state index is -3.57. The van der Waals surface area contributed by atoms with Gasteiger partial charge in [0.1, 0.15) is 11.9 Å². The normalized spacial score (nSPS) is 23.9. The number of hydrogen-bond acceptors (Lipinski definition) is 6. The molecule has 0 saturated carbocycles. The van der Waals surface area contributed by atoms with E-state index >= 15 is 0 Å². The van der Waals surface area contributed by atoms with Gasteiger partial charge in [-0.15, -0.1) is 0 Å². The number of ether oxygens (including phenoxy) is 2. The molecule has 0 amide bonds. The second kappa shape index (κ2) is 7.22. The van der Waals surface area contributed by atoms with Crippen molar-refractivity contribution >= 4 is 33.3 Å². The lowest BCUT2D eigenvalue weighted by atomic mass is 10.0. The van der Waals surface area contributed by atoms with Crippen LogP contribution in [0.1, 0.15) is 11.4 Å². The van der Waals surface area contributed by atoms with Crippen LogP contribution in [0.2, 0.25) is 10.0 Å². The number of rotatable bonds is 6. The van der Waals surface area contributed by atoms with E-state index in [1.807, 2.05) is 0 Å². The topological polar surface area (TPSA) is 90.5 Å². The quantitative estimate of drug-likeness (QED) is 0.741. The molecule has 0 spiro atoms. The van der Waals surface area contributed by atoms with E-state index in [0.29, 0.717) is 21.4 Å². The molecule has 25 heavy (non-hydrogen) atoms. The second-order valence-corrected chi connectivity index (χ2v) is 8.12. The number of aromatic nitrogens is 2. The molecule has 136 valence electrons. The van der Waals surface area contributed by atoms with Crippen molar-refractivity contribution in [2.75, 3.05) is 19.5 Å². The summed E-state index contributed by atoms with van der Waals surface area (Å²) in [6, 6.07) is 4.99. The minimum absolute atomic E-state index is 0.148. The maximum absolute atomic E-state index is 11.2. The number of hydrogen-bond donors (Lipinski definition) is 1. The zero-order valence-corrected chi connectivity index (χ0v) is 15.6. The molecule has 2 aromatic rings. The van der Waals surface area contributed by atoms with Crippen LogP contribution < -0.4 is 0 Å². The fourth-order valence-corrected chi connectivity index (χ4v) is 3.54. The summed E-state index contributed by atoms with van der Waals surface area (Å²) in [4.78, 5) is 7.19. The summed E-state index contributed by atoms with van der Waals surface area (Å²) >= 11 is 12.3. The number of halogens is 2. The SMILES string of the molecule is CS(=O)(=O)OCC1COC(Cc2ncc[nH]2)(c2ccc(Cl)cc2Cl)O1. The lowest BCUT2D eigenvalue weighted by Crippen LogP contribution is -2.32. The summed E-state index contributed by atoms with van der Waals surface area (Å²) < 4.78 is 39.2. The van der Waals surface area contributed by atoms with Gasteiger partial charge in [0.2, 0.25) is 5.79 Å². The van der Waals surface area contributed by atoms with Gasteiger partial charge in [-0.2, -0.15) is 8.42 Å². The van der Waals surface area contributed by atoms with Crippen LogP contribution in [0.25, 0.3) is 0 Å². The van der Waals surface area contributed by atoms with Crippen molar-refractivity contribution < 1.29 is 22.1 Å². The zero-order chi connectivity index (χ0) is 18.1. The lowest BCUT2D eigenvalue weighted by molar-refractivity contribution is -0.179. The molecule has 2 unspecified atom stereocenters. The molecule has 1 N–H and O–H groups in total. The van der Waals surface area contributed by atoms with E-state index in [0.717, 1.165) is 6.26 Å². The first-order valence-corrected chi connectivity index (χ1v) is 9.95. The van der Waals surface area contributed by atoms with E-state index in [4.69, 9.17) is 36.9 Å². The summed E-state index contributed by atoms with van der Waals surface area (Å²) in [6.07, 6.45) is 3.97. The maximum atomic E-state index is 11.2. The summed E-state index contributed by atoms with van der Waals surface area (Å²) in [6.45, 7) is -0.000862. The fourth-order valence-electron chi connectivity index (χ4n) is 2.59. The van der Waals surface area contributed by atoms with Gasteiger partial charge in [-0.05, 0) is 12.1 Å². The van der Waals surface area contributed by atoms with Crippen LogP contribution in [0, 0.1) is 0 Å². The number of aromatic amines is 1. The average Bonchev–Trinajstić information content (AvgIpc) is 3.15. The summed E-state index contributed by atoms with van der Waals surface area (Å²) in [7, 11) is -3.57. The van der Waals surface area contributed by atoms with Crippen molar-refractivity contribution in [1.29, 1.82) is 0 Å². The van der Waals surface area contributed by atoms with Crippen LogP contribution in [0.15, 0.2) is 30.6 Å². The van der Waals surface area contributed by atoms with E-state index in [2.05, 4.69) is 9.97 Å². The number of imidazole rings is 1. The van der Waals surface area contributed by atoms with Crippen LogP contribution in [-0.2, 0) is 36.0 Å². The standard InChI is InChI=1S/C15H16Cl2N2O5S/c1-25(20,21)23-9-11-8-22-15(24-11,7-14-18-4-5-19-14)12-3-2-10(16)6-13(12)17/h2-6,11H,7-9H2,1H3,(H,18,19). The third-order valence-corrected chi connectivity index (χ3v) is 4.74. The minimum Gasteiger partial charge on any atom is -0.348 e. The van der Waals surface area contributed by atoms with Gasteiger partial charge in [0.25, 0.3) is 10.1 Å². The Balaban J connectivity index is 1.88. The molecule has 0 bridgehead atoms. The van der Waals surface area contributed by atoms with E-state index in [-0.39, 0.29) is 19.6 Å². The zero-order valence-electron chi connectivity index (χ0n) is 13.2. The monoisotopic (exact) mass is 406 g/mol. The van der Waals surface area contributed by atoms with Crippen molar-refractivity contribution in [2.24, 2.45) is 0 Å². The molecule has 2 atom stereocenters. The molecule has 10 heteroatoms. The predicted octanol–water partition coefficient (Wildman–Crippen LogP) is 2.50. The number of nitrogens with zero attached hydrogens (tertiary/aromatic N) is 1. The third-order valence-electron chi connectivity index (χ3n) is 3.62. The summed E-state index contributed by atoms with van der Waals surface area (Å²) in [5.41, 5.74) is 0.580. The molecule has 1 aliphatic rings.